The molecule has 1 aliphatic rings. The zero-order valence-electron chi connectivity index (χ0n) is 7.00. The molecule has 2 heterocycles. The summed E-state index contributed by atoms with van der Waals surface area (Å²) in [6.07, 6.45) is 3.43. The predicted octanol–water partition coefficient (Wildman–Crippen LogP) is 0.138. The van der Waals surface area contributed by atoms with Crippen LogP contribution in [0.5, 0.6) is 0 Å². The average molecular weight is 165 g/mol. The van der Waals surface area contributed by atoms with E-state index in [2.05, 4.69) is 10.3 Å². The molecule has 2 rings (SSSR count). The van der Waals surface area contributed by atoms with Gasteiger partial charge in [0.15, 0.2) is 0 Å². The molecule has 12 heavy (non-hydrogen) atoms. The van der Waals surface area contributed by atoms with E-state index in [4.69, 9.17) is 0 Å². The Bertz CT molecular complexity index is 356. The predicted molar refractivity (Wildman–Crippen MR) is 46.3 cm³/mol. The number of hydrogen-bond donors (Lipinski definition) is 1. The summed E-state index contributed by atoms with van der Waals surface area (Å²) < 4.78 is 1.52. The number of aryl methyl sites for hydroxylation is 1. The number of nitrogens with zero attached hydrogens (tertiary/aromatic N) is 2. The van der Waals surface area contributed by atoms with Crippen LogP contribution >= 0.6 is 0 Å². The van der Waals surface area contributed by atoms with Crippen molar-refractivity contribution < 1.29 is 0 Å². The molecule has 4 nitrogen and oxygen atoms in total. The van der Waals surface area contributed by atoms with E-state index in [-0.39, 0.29) is 5.56 Å². The SMILES string of the molecule is Cn1cnc2c(c1=O)CCCN2. The van der Waals surface area contributed by atoms with E-state index < -0.39 is 0 Å². The highest BCUT2D eigenvalue weighted by Gasteiger charge is 2.13. The summed E-state index contributed by atoms with van der Waals surface area (Å²) in [5, 5.41) is 3.11. The highest BCUT2D eigenvalue weighted by molar-refractivity contribution is 5.44. The van der Waals surface area contributed by atoms with E-state index in [1.54, 1.807) is 13.4 Å². The van der Waals surface area contributed by atoms with Crippen LogP contribution in [0.3, 0.4) is 0 Å². The van der Waals surface area contributed by atoms with Crippen LogP contribution in [-0.4, -0.2) is 16.1 Å². The molecule has 0 saturated carbocycles. The monoisotopic (exact) mass is 165 g/mol. The van der Waals surface area contributed by atoms with Crippen LogP contribution in [0.1, 0.15) is 12.0 Å². The third kappa shape index (κ3) is 0.995. The molecule has 0 aromatic carbocycles. The quantitative estimate of drug-likeness (QED) is 0.594. The van der Waals surface area contributed by atoms with Crippen molar-refractivity contribution in [3.63, 3.8) is 0 Å². The Morgan fingerprint density at radius 3 is 3.33 bits per heavy atom. The first-order chi connectivity index (χ1) is 5.79. The van der Waals surface area contributed by atoms with Gasteiger partial charge in [-0.05, 0) is 12.8 Å². The molecule has 0 bridgehead atoms. The van der Waals surface area contributed by atoms with Crippen LogP contribution in [0.25, 0.3) is 0 Å². The molecule has 0 saturated heterocycles. The fourth-order valence-electron chi connectivity index (χ4n) is 1.44. The summed E-state index contributed by atoms with van der Waals surface area (Å²) in [6, 6.07) is 0. The zero-order valence-corrected chi connectivity index (χ0v) is 7.00. The Hall–Kier alpha value is -1.32. The molecule has 64 valence electrons. The van der Waals surface area contributed by atoms with Crippen molar-refractivity contribution in [2.24, 2.45) is 7.05 Å². The molecule has 1 aliphatic heterocycles. The van der Waals surface area contributed by atoms with Gasteiger partial charge in [0.2, 0.25) is 0 Å². The maximum atomic E-state index is 11.5. The van der Waals surface area contributed by atoms with E-state index in [0.29, 0.717) is 0 Å². The third-order valence-electron chi connectivity index (χ3n) is 2.12. The zero-order chi connectivity index (χ0) is 8.55. The van der Waals surface area contributed by atoms with Crippen molar-refractivity contribution >= 4 is 5.82 Å². The van der Waals surface area contributed by atoms with Gasteiger partial charge >= 0.3 is 0 Å². The molecule has 0 unspecified atom stereocenters. The van der Waals surface area contributed by atoms with Gasteiger partial charge in [-0.25, -0.2) is 4.98 Å². The summed E-state index contributed by atoms with van der Waals surface area (Å²) >= 11 is 0. The lowest BCUT2D eigenvalue weighted by molar-refractivity contribution is 0.744. The van der Waals surface area contributed by atoms with Gasteiger partial charge in [0.25, 0.3) is 5.56 Å². The van der Waals surface area contributed by atoms with Crippen molar-refractivity contribution in [2.75, 3.05) is 11.9 Å². The van der Waals surface area contributed by atoms with Crippen LogP contribution < -0.4 is 10.9 Å². The van der Waals surface area contributed by atoms with Crippen molar-refractivity contribution in [3.8, 4) is 0 Å². The molecule has 0 fully saturated rings. The number of fused-ring (bicyclic) bond motifs is 1. The lowest BCUT2D eigenvalue weighted by Gasteiger charge is -2.15. The first kappa shape index (κ1) is 7.34. The van der Waals surface area contributed by atoms with Crippen molar-refractivity contribution in [1.82, 2.24) is 9.55 Å². The molecule has 0 aliphatic carbocycles. The number of anilines is 1. The topological polar surface area (TPSA) is 46.9 Å². The maximum absolute atomic E-state index is 11.5. The van der Waals surface area contributed by atoms with E-state index in [0.717, 1.165) is 30.8 Å². The van der Waals surface area contributed by atoms with Gasteiger partial charge in [-0.3, -0.25) is 4.79 Å². The number of rotatable bonds is 0. The summed E-state index contributed by atoms with van der Waals surface area (Å²) in [4.78, 5) is 15.6. The van der Waals surface area contributed by atoms with Gasteiger partial charge in [-0.15, -0.1) is 0 Å². The molecule has 0 radical (unpaired) electrons. The average Bonchev–Trinajstić information content (AvgIpc) is 2.12. The molecule has 1 N–H and O–H groups in total. The van der Waals surface area contributed by atoms with Crippen LogP contribution in [-0.2, 0) is 13.5 Å². The van der Waals surface area contributed by atoms with E-state index in [1.807, 2.05) is 0 Å². The lowest BCUT2D eigenvalue weighted by Crippen LogP contribution is -2.27. The van der Waals surface area contributed by atoms with E-state index in [9.17, 15) is 4.79 Å². The van der Waals surface area contributed by atoms with Crippen LogP contribution in [0.4, 0.5) is 5.82 Å². The van der Waals surface area contributed by atoms with Gasteiger partial charge < -0.3 is 9.88 Å². The van der Waals surface area contributed by atoms with E-state index >= 15 is 0 Å². The number of aromatic nitrogens is 2. The summed E-state index contributed by atoms with van der Waals surface area (Å²) in [5.41, 5.74) is 0.901. The van der Waals surface area contributed by atoms with Gasteiger partial charge in [-0.1, -0.05) is 0 Å². The normalized spacial score (nSPS) is 15.1. The molecule has 0 spiro atoms. The Balaban J connectivity index is 2.62. The maximum Gasteiger partial charge on any atom is 0.258 e. The van der Waals surface area contributed by atoms with Crippen molar-refractivity contribution in [2.45, 2.75) is 12.8 Å². The number of nitrogens with one attached hydrogen (secondary N) is 1. The minimum absolute atomic E-state index is 0.0761. The second-order valence-corrected chi connectivity index (χ2v) is 3.02. The van der Waals surface area contributed by atoms with Gasteiger partial charge in [0, 0.05) is 13.6 Å². The van der Waals surface area contributed by atoms with Crippen LogP contribution in [0.15, 0.2) is 11.1 Å². The molecule has 0 atom stereocenters. The largest absolute Gasteiger partial charge is 0.370 e. The fourth-order valence-corrected chi connectivity index (χ4v) is 1.44. The standard InChI is InChI=1S/C8H11N3O/c1-11-5-10-7-6(8(11)12)3-2-4-9-7/h5,9H,2-4H2,1H3. The Labute approximate surface area is 70.2 Å². The second-order valence-electron chi connectivity index (χ2n) is 3.02. The van der Waals surface area contributed by atoms with Gasteiger partial charge in [0.05, 0.1) is 11.9 Å². The van der Waals surface area contributed by atoms with Crippen molar-refractivity contribution in [3.05, 3.63) is 22.2 Å². The molecule has 4 heteroatoms. The molecule has 1 aromatic heterocycles. The highest BCUT2D eigenvalue weighted by atomic mass is 16.1. The summed E-state index contributed by atoms with van der Waals surface area (Å²) in [7, 11) is 1.73. The fraction of sp³-hybridized carbons (Fsp3) is 0.500. The number of hydrogen-bond acceptors (Lipinski definition) is 3. The molecular weight excluding hydrogens is 154 g/mol. The minimum Gasteiger partial charge on any atom is -0.370 e. The summed E-state index contributed by atoms with van der Waals surface area (Å²) in [5.74, 6) is 0.768. The first-order valence-electron chi connectivity index (χ1n) is 4.07. The lowest BCUT2D eigenvalue weighted by atomic mass is 10.1. The Kier molecular flexibility index (Phi) is 1.60. The third-order valence-corrected chi connectivity index (χ3v) is 2.12. The second kappa shape index (κ2) is 2.62. The van der Waals surface area contributed by atoms with Crippen LogP contribution in [0.2, 0.25) is 0 Å². The minimum atomic E-state index is 0.0761. The van der Waals surface area contributed by atoms with Gasteiger partial charge in [-0.2, -0.15) is 0 Å². The Morgan fingerprint density at radius 2 is 2.50 bits per heavy atom. The highest BCUT2D eigenvalue weighted by Crippen LogP contribution is 2.13. The van der Waals surface area contributed by atoms with E-state index in [1.165, 1.54) is 4.57 Å². The molecular formula is C8H11N3O. The smallest absolute Gasteiger partial charge is 0.258 e. The Morgan fingerprint density at radius 1 is 1.67 bits per heavy atom. The summed E-state index contributed by atoms with van der Waals surface area (Å²) in [6.45, 7) is 0.924. The van der Waals surface area contributed by atoms with Gasteiger partial charge in [0.1, 0.15) is 5.82 Å². The van der Waals surface area contributed by atoms with Crippen molar-refractivity contribution in [1.29, 1.82) is 0 Å². The molecule has 0 amide bonds. The van der Waals surface area contributed by atoms with Crippen LogP contribution in [0, 0.1) is 0 Å². The molecule has 1 aromatic rings. The first-order valence-corrected chi connectivity index (χ1v) is 4.07.